The fraction of sp³-hybridized carbons (Fsp3) is 0.286. The Labute approximate surface area is 186 Å². The van der Waals surface area contributed by atoms with Crippen LogP contribution in [0.5, 0.6) is 0 Å². The van der Waals surface area contributed by atoms with Gasteiger partial charge in [-0.2, -0.15) is 18.2 Å². The number of hydrogen-bond acceptors (Lipinski definition) is 3. The molecule has 0 saturated carbocycles. The first-order chi connectivity index (χ1) is 15.1. The molecule has 1 heterocycles. The predicted molar refractivity (Wildman–Crippen MR) is 113 cm³/mol. The zero-order chi connectivity index (χ0) is 23.3. The van der Waals surface area contributed by atoms with E-state index in [1.54, 1.807) is 18.2 Å². The zero-order valence-corrected chi connectivity index (χ0v) is 17.5. The van der Waals surface area contributed by atoms with Crippen LogP contribution in [0.15, 0.2) is 47.5 Å². The summed E-state index contributed by atoms with van der Waals surface area (Å²) in [6.07, 6.45) is -3.42. The number of urea groups is 1. The van der Waals surface area contributed by atoms with Crippen molar-refractivity contribution >= 4 is 35.1 Å². The van der Waals surface area contributed by atoms with Crippen molar-refractivity contribution in [1.82, 2.24) is 5.32 Å². The normalized spacial score (nSPS) is 16.6. The van der Waals surface area contributed by atoms with E-state index in [0.717, 1.165) is 30.7 Å². The van der Waals surface area contributed by atoms with Crippen LogP contribution < -0.4 is 16.4 Å². The Hall–Kier alpha value is -3.11. The Morgan fingerprint density at radius 3 is 2.53 bits per heavy atom. The zero-order valence-electron chi connectivity index (χ0n) is 16.7. The highest BCUT2D eigenvalue weighted by Crippen LogP contribution is 2.29. The molecule has 0 spiro atoms. The highest BCUT2D eigenvalue weighted by molar-refractivity contribution is 6.34. The molecule has 1 fully saturated rings. The molecule has 3 rings (SSSR count). The molecule has 0 radical (unpaired) electrons. The second-order valence-corrected chi connectivity index (χ2v) is 7.44. The summed E-state index contributed by atoms with van der Waals surface area (Å²) >= 11 is 6.15. The lowest BCUT2D eigenvalue weighted by atomic mass is 10.1. The summed E-state index contributed by atoms with van der Waals surface area (Å²) in [5.41, 5.74) is 6.14. The SMILES string of the molecule is N/C(=N\C(=O)Nc1ccc(C(F)(F)F)cc1)c1cc(CNC(=O)[C@H]2CCCO2)ccc1Cl. The molecule has 1 aliphatic rings. The van der Waals surface area contributed by atoms with E-state index in [0.29, 0.717) is 18.6 Å². The summed E-state index contributed by atoms with van der Waals surface area (Å²) in [7, 11) is 0. The number of halogens is 4. The van der Waals surface area contributed by atoms with Crippen molar-refractivity contribution in [2.45, 2.75) is 31.7 Å². The largest absolute Gasteiger partial charge is 0.416 e. The van der Waals surface area contributed by atoms with Crippen LogP contribution in [0.4, 0.5) is 23.7 Å². The average Bonchev–Trinajstić information content (AvgIpc) is 3.27. The smallest absolute Gasteiger partial charge is 0.383 e. The van der Waals surface area contributed by atoms with E-state index < -0.39 is 23.9 Å². The van der Waals surface area contributed by atoms with Crippen LogP contribution in [-0.4, -0.2) is 30.5 Å². The first kappa shape index (κ1) is 23.6. The molecule has 11 heteroatoms. The van der Waals surface area contributed by atoms with Gasteiger partial charge in [-0.15, -0.1) is 0 Å². The third kappa shape index (κ3) is 6.21. The standard InChI is InChI=1S/C21H20ClF3N4O3/c22-16-8-3-12(11-27-19(30)17-2-1-9-32-17)10-15(16)18(26)29-20(31)28-14-6-4-13(5-7-14)21(23,24)25/h3-8,10,17H,1-2,9,11H2,(H,27,30)(H3,26,28,29,31)/t17-/m1/s1. The quantitative estimate of drug-likeness (QED) is 0.454. The van der Waals surface area contributed by atoms with Crippen molar-refractivity contribution < 1.29 is 27.5 Å². The molecule has 1 saturated heterocycles. The molecule has 2 aromatic carbocycles. The van der Waals surface area contributed by atoms with Crippen LogP contribution in [0.25, 0.3) is 0 Å². The summed E-state index contributed by atoms with van der Waals surface area (Å²) in [5, 5.41) is 5.35. The Morgan fingerprint density at radius 1 is 1.19 bits per heavy atom. The van der Waals surface area contributed by atoms with Crippen LogP contribution in [-0.2, 0) is 22.3 Å². The molecule has 170 valence electrons. The van der Waals surface area contributed by atoms with Gasteiger partial charge in [-0.3, -0.25) is 4.79 Å². The molecular weight excluding hydrogens is 449 g/mol. The summed E-state index contributed by atoms with van der Waals surface area (Å²) in [4.78, 5) is 27.9. The third-order valence-electron chi connectivity index (χ3n) is 4.68. The number of aliphatic imine (C=N–C) groups is 1. The first-order valence-corrected chi connectivity index (χ1v) is 10.0. The number of ether oxygens (including phenoxy) is 1. The number of amides is 3. The highest BCUT2D eigenvalue weighted by Gasteiger charge is 2.30. The van der Waals surface area contributed by atoms with Gasteiger partial charge in [0.2, 0.25) is 5.91 Å². The second-order valence-electron chi connectivity index (χ2n) is 7.04. The van der Waals surface area contributed by atoms with Crippen LogP contribution in [0.2, 0.25) is 5.02 Å². The number of hydrogen-bond donors (Lipinski definition) is 3. The maximum atomic E-state index is 12.6. The lowest BCUT2D eigenvalue weighted by Crippen LogP contribution is -2.33. The lowest BCUT2D eigenvalue weighted by molar-refractivity contribution is -0.137. The third-order valence-corrected chi connectivity index (χ3v) is 5.01. The van der Waals surface area contributed by atoms with E-state index in [1.165, 1.54) is 0 Å². The van der Waals surface area contributed by atoms with E-state index >= 15 is 0 Å². The van der Waals surface area contributed by atoms with Crippen LogP contribution >= 0.6 is 11.6 Å². The van der Waals surface area contributed by atoms with Crippen molar-refractivity contribution in [1.29, 1.82) is 0 Å². The minimum atomic E-state index is -4.48. The van der Waals surface area contributed by atoms with Crippen molar-refractivity contribution in [3.8, 4) is 0 Å². The van der Waals surface area contributed by atoms with Gasteiger partial charge in [0.25, 0.3) is 0 Å². The molecule has 1 aliphatic heterocycles. The monoisotopic (exact) mass is 468 g/mol. The van der Waals surface area contributed by atoms with Gasteiger partial charge in [-0.05, 0) is 54.8 Å². The molecule has 0 aliphatic carbocycles. The van der Waals surface area contributed by atoms with E-state index in [4.69, 9.17) is 22.1 Å². The number of alkyl halides is 3. The number of benzene rings is 2. The van der Waals surface area contributed by atoms with Gasteiger partial charge in [-0.1, -0.05) is 17.7 Å². The molecule has 0 unspecified atom stereocenters. The van der Waals surface area contributed by atoms with Gasteiger partial charge in [-0.25, -0.2) is 4.79 Å². The highest BCUT2D eigenvalue weighted by atomic mass is 35.5. The fourth-order valence-corrected chi connectivity index (χ4v) is 3.24. The van der Waals surface area contributed by atoms with Crippen LogP contribution in [0, 0.1) is 0 Å². The van der Waals surface area contributed by atoms with Crippen molar-refractivity contribution in [3.05, 3.63) is 64.2 Å². The van der Waals surface area contributed by atoms with Crippen molar-refractivity contribution in [2.24, 2.45) is 10.7 Å². The van der Waals surface area contributed by atoms with Crippen molar-refractivity contribution in [3.63, 3.8) is 0 Å². The maximum absolute atomic E-state index is 12.6. The van der Waals surface area contributed by atoms with Gasteiger partial charge in [0, 0.05) is 24.4 Å². The van der Waals surface area contributed by atoms with E-state index in [1.807, 2.05) is 0 Å². The maximum Gasteiger partial charge on any atom is 0.416 e. The Balaban J connectivity index is 1.65. The summed E-state index contributed by atoms with van der Waals surface area (Å²) in [6, 6.07) is 7.85. The number of nitrogens with zero attached hydrogens (tertiary/aromatic N) is 1. The van der Waals surface area contributed by atoms with Crippen molar-refractivity contribution in [2.75, 3.05) is 11.9 Å². The molecule has 1 atom stereocenters. The molecule has 7 nitrogen and oxygen atoms in total. The molecule has 3 amide bonds. The lowest BCUT2D eigenvalue weighted by Gasteiger charge is -2.12. The van der Waals surface area contributed by atoms with Gasteiger partial charge in [0.1, 0.15) is 11.9 Å². The molecule has 32 heavy (non-hydrogen) atoms. The summed E-state index contributed by atoms with van der Waals surface area (Å²) in [5.74, 6) is -0.400. The Bertz CT molecular complexity index is 1020. The van der Waals surface area contributed by atoms with Gasteiger partial charge in [0.05, 0.1) is 10.6 Å². The van der Waals surface area contributed by atoms with Gasteiger partial charge >= 0.3 is 12.2 Å². The minimum Gasteiger partial charge on any atom is -0.383 e. The summed E-state index contributed by atoms with van der Waals surface area (Å²) < 4.78 is 43.2. The number of carbonyl (C=O) groups is 2. The first-order valence-electron chi connectivity index (χ1n) is 9.64. The number of nitrogens with two attached hydrogens (primary N) is 1. The number of anilines is 1. The predicted octanol–water partition coefficient (Wildman–Crippen LogP) is 4.09. The van der Waals surface area contributed by atoms with E-state index in [2.05, 4.69) is 15.6 Å². The molecule has 4 N–H and O–H groups in total. The Kier molecular flexibility index (Phi) is 7.37. The average molecular weight is 469 g/mol. The Morgan fingerprint density at radius 2 is 1.91 bits per heavy atom. The molecular formula is C21H20ClF3N4O3. The fourth-order valence-electron chi connectivity index (χ4n) is 3.03. The van der Waals surface area contributed by atoms with E-state index in [-0.39, 0.29) is 34.6 Å². The van der Waals surface area contributed by atoms with E-state index in [9.17, 15) is 22.8 Å². The van der Waals surface area contributed by atoms with Crippen LogP contribution in [0.1, 0.15) is 29.5 Å². The number of amidine groups is 1. The molecule has 0 aromatic heterocycles. The number of nitrogens with one attached hydrogen (secondary N) is 2. The molecule has 2 aromatic rings. The molecule has 0 bridgehead atoms. The summed E-state index contributed by atoms with van der Waals surface area (Å²) in [6.45, 7) is 0.763. The van der Waals surface area contributed by atoms with Gasteiger partial charge in [0.15, 0.2) is 0 Å². The number of rotatable bonds is 5. The second kappa shape index (κ2) is 10.0. The van der Waals surface area contributed by atoms with Crippen LogP contribution in [0.3, 0.4) is 0 Å². The topological polar surface area (TPSA) is 106 Å². The number of carbonyl (C=O) groups excluding carboxylic acids is 2. The minimum absolute atomic E-state index is 0.122. The van der Waals surface area contributed by atoms with Gasteiger partial charge < -0.3 is 21.1 Å².